The van der Waals surface area contributed by atoms with Crippen LogP contribution in [0.15, 0.2) is 0 Å². The highest BCUT2D eigenvalue weighted by Gasteiger charge is 1.90. The lowest BCUT2D eigenvalue weighted by atomic mass is 10.4. The minimum atomic E-state index is 1.02. The van der Waals surface area contributed by atoms with Gasteiger partial charge in [0, 0.05) is 13.1 Å². The first-order chi connectivity index (χ1) is 3.81. The number of rotatable bonds is 4. The van der Waals surface area contributed by atoms with Gasteiger partial charge in [0.1, 0.15) is 0 Å². The second kappa shape index (κ2) is 5.06. The molecule has 0 aliphatic rings. The van der Waals surface area contributed by atoms with E-state index in [9.17, 15) is 0 Å². The summed E-state index contributed by atoms with van der Waals surface area (Å²) in [4.78, 5) is 0. The zero-order valence-electron chi connectivity index (χ0n) is 5.85. The van der Waals surface area contributed by atoms with Crippen LogP contribution in [0, 0.1) is 0 Å². The largest absolute Gasteiger partial charge is 0.269 e. The smallest absolute Gasteiger partial charge is 0.0125 e. The van der Waals surface area contributed by atoms with Crippen LogP contribution in [0.1, 0.15) is 26.7 Å². The van der Waals surface area contributed by atoms with Crippen LogP contribution in [0.25, 0.3) is 0 Å². The van der Waals surface area contributed by atoms with Gasteiger partial charge in [-0.25, -0.2) is 5.01 Å². The molecule has 0 saturated heterocycles. The van der Waals surface area contributed by atoms with Crippen LogP contribution in [0.3, 0.4) is 0 Å². The molecule has 0 aliphatic heterocycles. The van der Waals surface area contributed by atoms with Crippen molar-refractivity contribution < 1.29 is 0 Å². The maximum Gasteiger partial charge on any atom is 0.0125 e. The van der Waals surface area contributed by atoms with Crippen molar-refractivity contribution >= 4 is 0 Å². The van der Waals surface area contributed by atoms with Gasteiger partial charge in [-0.2, -0.15) is 0 Å². The van der Waals surface area contributed by atoms with Gasteiger partial charge in [0.05, 0.1) is 0 Å². The van der Waals surface area contributed by atoms with Crippen LogP contribution < -0.4 is 5.84 Å². The van der Waals surface area contributed by atoms with Crippen molar-refractivity contribution in [3.63, 3.8) is 0 Å². The monoisotopic (exact) mass is 116 g/mol. The lowest BCUT2D eigenvalue weighted by Crippen LogP contribution is -2.32. The summed E-state index contributed by atoms with van der Waals surface area (Å²) in [5.74, 6) is 5.53. The Hall–Kier alpha value is -0.0800. The first-order valence-corrected chi connectivity index (χ1v) is 3.30. The summed E-state index contributed by atoms with van der Waals surface area (Å²) < 4.78 is 0. The quantitative estimate of drug-likeness (QED) is 0.438. The second-order valence-corrected chi connectivity index (χ2v) is 2.04. The Labute approximate surface area is 51.6 Å². The number of nitrogens with zero attached hydrogens (tertiary/aromatic N) is 1. The topological polar surface area (TPSA) is 29.3 Å². The molecule has 0 aromatic carbocycles. The van der Waals surface area contributed by atoms with Crippen LogP contribution in [-0.2, 0) is 0 Å². The van der Waals surface area contributed by atoms with E-state index in [1.54, 1.807) is 0 Å². The van der Waals surface area contributed by atoms with Gasteiger partial charge in [0.2, 0.25) is 0 Å². The fourth-order valence-corrected chi connectivity index (χ4v) is 0.686. The average Bonchev–Trinajstić information content (AvgIpc) is 1.68. The molecular formula is C6H16N2. The maximum absolute atomic E-state index is 5.53. The second-order valence-electron chi connectivity index (χ2n) is 2.04. The summed E-state index contributed by atoms with van der Waals surface area (Å²) in [5, 5.41) is 1.86. The molecule has 2 heteroatoms. The van der Waals surface area contributed by atoms with Crippen molar-refractivity contribution in [3.05, 3.63) is 0 Å². The first kappa shape index (κ1) is 7.92. The summed E-state index contributed by atoms with van der Waals surface area (Å²) in [7, 11) is 0. The molecule has 0 bridgehead atoms. The molecule has 0 aromatic heterocycles. The molecular weight excluding hydrogens is 100 g/mol. The lowest BCUT2D eigenvalue weighted by molar-refractivity contribution is 0.284. The van der Waals surface area contributed by atoms with Gasteiger partial charge in [0.25, 0.3) is 0 Å². The van der Waals surface area contributed by atoms with Crippen LogP contribution in [0.2, 0.25) is 0 Å². The molecule has 0 saturated carbocycles. The number of hydrogen-bond acceptors (Lipinski definition) is 2. The zero-order chi connectivity index (χ0) is 6.41. The van der Waals surface area contributed by atoms with Crippen LogP contribution in [0.4, 0.5) is 0 Å². The van der Waals surface area contributed by atoms with E-state index >= 15 is 0 Å². The van der Waals surface area contributed by atoms with E-state index in [4.69, 9.17) is 5.84 Å². The Balaban J connectivity index is 2.92. The van der Waals surface area contributed by atoms with Gasteiger partial charge in [-0.3, -0.25) is 5.84 Å². The van der Waals surface area contributed by atoms with E-state index in [0.717, 1.165) is 25.9 Å². The first-order valence-electron chi connectivity index (χ1n) is 3.30. The highest BCUT2D eigenvalue weighted by atomic mass is 15.4. The van der Waals surface area contributed by atoms with E-state index < -0.39 is 0 Å². The Kier molecular flexibility index (Phi) is 5.01. The van der Waals surface area contributed by atoms with E-state index in [2.05, 4.69) is 13.8 Å². The summed E-state index contributed by atoms with van der Waals surface area (Å²) in [6.07, 6.45) is 2.30. The van der Waals surface area contributed by atoms with Crippen molar-refractivity contribution in [2.24, 2.45) is 5.84 Å². The SMILES string of the molecule is CCCN(N)CCC. The predicted molar refractivity (Wildman–Crippen MR) is 36.3 cm³/mol. The van der Waals surface area contributed by atoms with Crippen molar-refractivity contribution in [3.8, 4) is 0 Å². The number of nitrogens with two attached hydrogens (primary N) is 1. The van der Waals surface area contributed by atoms with Crippen molar-refractivity contribution in [2.75, 3.05) is 13.1 Å². The van der Waals surface area contributed by atoms with E-state index in [-0.39, 0.29) is 0 Å². The molecule has 0 amide bonds. The normalized spacial score (nSPS) is 10.5. The van der Waals surface area contributed by atoms with Crippen LogP contribution in [0.5, 0.6) is 0 Å². The molecule has 0 rings (SSSR count). The molecule has 0 radical (unpaired) electrons. The van der Waals surface area contributed by atoms with Gasteiger partial charge >= 0.3 is 0 Å². The zero-order valence-corrected chi connectivity index (χ0v) is 5.85. The van der Waals surface area contributed by atoms with E-state index in [0.29, 0.717) is 0 Å². The van der Waals surface area contributed by atoms with Gasteiger partial charge in [-0.1, -0.05) is 13.8 Å². The summed E-state index contributed by atoms with van der Waals surface area (Å²) in [6.45, 7) is 6.31. The van der Waals surface area contributed by atoms with Crippen LogP contribution >= 0.6 is 0 Å². The fraction of sp³-hybridized carbons (Fsp3) is 1.00. The van der Waals surface area contributed by atoms with Gasteiger partial charge in [-0.05, 0) is 12.8 Å². The molecule has 0 spiro atoms. The Bertz CT molecular complexity index is 39.8. The highest BCUT2D eigenvalue weighted by Crippen LogP contribution is 1.83. The van der Waals surface area contributed by atoms with Gasteiger partial charge in [0.15, 0.2) is 0 Å². The molecule has 8 heavy (non-hydrogen) atoms. The van der Waals surface area contributed by atoms with Crippen molar-refractivity contribution in [1.29, 1.82) is 0 Å². The fourth-order valence-electron chi connectivity index (χ4n) is 0.686. The Morgan fingerprint density at radius 1 is 1.12 bits per heavy atom. The molecule has 0 unspecified atom stereocenters. The van der Waals surface area contributed by atoms with Crippen LogP contribution in [-0.4, -0.2) is 18.1 Å². The van der Waals surface area contributed by atoms with E-state index in [1.165, 1.54) is 0 Å². The summed E-state index contributed by atoms with van der Waals surface area (Å²) in [5.41, 5.74) is 0. The number of hydrazine groups is 1. The molecule has 0 fully saturated rings. The maximum atomic E-state index is 5.53. The average molecular weight is 116 g/mol. The van der Waals surface area contributed by atoms with Crippen molar-refractivity contribution in [1.82, 2.24) is 5.01 Å². The molecule has 0 aromatic rings. The number of hydrogen-bond donors (Lipinski definition) is 1. The molecule has 50 valence electrons. The van der Waals surface area contributed by atoms with Gasteiger partial charge in [-0.15, -0.1) is 0 Å². The highest BCUT2D eigenvalue weighted by molar-refractivity contribution is 4.42. The molecule has 2 N–H and O–H groups in total. The molecule has 0 aliphatic carbocycles. The van der Waals surface area contributed by atoms with E-state index in [1.807, 2.05) is 5.01 Å². The van der Waals surface area contributed by atoms with Crippen molar-refractivity contribution in [2.45, 2.75) is 26.7 Å². The third kappa shape index (κ3) is 4.09. The summed E-state index contributed by atoms with van der Waals surface area (Å²) in [6, 6.07) is 0. The lowest BCUT2D eigenvalue weighted by Gasteiger charge is -2.12. The third-order valence-electron chi connectivity index (χ3n) is 1.02. The predicted octanol–water partition coefficient (Wildman–Crippen LogP) is 0.982. The molecule has 0 atom stereocenters. The Morgan fingerprint density at radius 2 is 1.50 bits per heavy atom. The summed E-state index contributed by atoms with van der Waals surface area (Å²) >= 11 is 0. The standard InChI is InChI=1S/C6H16N2/c1-3-5-8(7)6-4-2/h3-7H2,1-2H3. The Morgan fingerprint density at radius 3 is 1.75 bits per heavy atom. The third-order valence-corrected chi connectivity index (χ3v) is 1.02. The molecule has 2 nitrogen and oxygen atoms in total. The van der Waals surface area contributed by atoms with Gasteiger partial charge < -0.3 is 0 Å². The minimum Gasteiger partial charge on any atom is -0.269 e. The minimum absolute atomic E-state index is 1.02. The molecule has 0 heterocycles.